The van der Waals surface area contributed by atoms with Gasteiger partial charge in [-0.3, -0.25) is 19.4 Å². The number of nitrogens with zero attached hydrogens (tertiary/aromatic N) is 4. The molecular weight excluding hydrogens is 551 g/mol. The highest BCUT2D eigenvalue weighted by Gasteiger charge is 2.10. The van der Waals surface area contributed by atoms with Crippen LogP contribution in [-0.4, -0.2) is 52.1 Å². The molecule has 33 heavy (non-hydrogen) atoms. The van der Waals surface area contributed by atoms with Crippen LogP contribution in [0.25, 0.3) is 0 Å². The van der Waals surface area contributed by atoms with E-state index in [1.807, 2.05) is 4.98 Å². The van der Waals surface area contributed by atoms with E-state index in [-0.39, 0.29) is 32.0 Å². The van der Waals surface area contributed by atoms with Gasteiger partial charge in [-0.1, -0.05) is 23.2 Å². The average molecular weight is 560 g/mol. The Labute approximate surface area is 206 Å². The molecule has 3 rings (SSSR count). The van der Waals surface area contributed by atoms with Crippen molar-refractivity contribution in [3.8, 4) is 0 Å². The summed E-state index contributed by atoms with van der Waals surface area (Å²) in [4.78, 5) is 70.1. The van der Waals surface area contributed by atoms with Crippen LogP contribution >= 0.6 is 58.0 Å². The maximum absolute atomic E-state index is 10.6. The van der Waals surface area contributed by atoms with Gasteiger partial charge in [0.1, 0.15) is 15.9 Å². The van der Waals surface area contributed by atoms with Crippen molar-refractivity contribution in [2.24, 2.45) is 5.73 Å². The number of halogens is 5. The first-order valence-electron chi connectivity index (χ1n) is 7.74. The van der Waals surface area contributed by atoms with Crippen molar-refractivity contribution in [1.29, 1.82) is 0 Å². The number of aromatic carboxylic acids is 1. The van der Waals surface area contributed by atoms with Gasteiger partial charge in [0.05, 0.1) is 11.1 Å². The van der Waals surface area contributed by atoms with Crippen LogP contribution in [0.5, 0.6) is 0 Å². The van der Waals surface area contributed by atoms with Crippen LogP contribution in [0.1, 0.15) is 31.1 Å². The van der Waals surface area contributed by atoms with Crippen molar-refractivity contribution in [3.63, 3.8) is 0 Å². The van der Waals surface area contributed by atoms with E-state index in [2.05, 4.69) is 19.9 Å². The summed E-state index contributed by atoms with van der Waals surface area (Å²) in [5, 5.41) is 7.51. The maximum atomic E-state index is 10.6. The van der Waals surface area contributed by atoms with Gasteiger partial charge in [-0.05, 0) is 34.8 Å². The number of amides is 1. The first-order chi connectivity index (χ1) is 15.3. The molecule has 0 saturated heterocycles. The van der Waals surface area contributed by atoms with Crippen molar-refractivity contribution >= 4 is 75.1 Å². The molecule has 0 spiro atoms. The first-order valence-corrected chi connectivity index (χ1v) is 9.63. The number of primary amides is 1. The summed E-state index contributed by atoms with van der Waals surface area (Å²) >= 11 is 26.8. The smallest absolute Gasteiger partial charge is 0.342 e. The fourth-order valence-electron chi connectivity index (χ4n) is 1.55. The number of carboxylic acid groups (broad SMARTS) is 1. The number of rotatable bonds is 3. The molecule has 13 nitrogen and oxygen atoms in total. The summed E-state index contributed by atoms with van der Waals surface area (Å²) < 4.78 is 0. The number of aromatic nitrogens is 6. The molecule has 0 bridgehead atoms. The predicted octanol–water partition coefficient (Wildman–Crippen LogP) is 1.81. The Balaban J connectivity index is 0.000000247. The van der Waals surface area contributed by atoms with Gasteiger partial charge in [0.15, 0.2) is 0 Å². The molecule has 0 aliphatic carbocycles. The molecule has 0 aliphatic rings. The van der Waals surface area contributed by atoms with Crippen LogP contribution in [-0.2, 0) is 0 Å². The largest absolute Gasteiger partial charge is 0.477 e. The lowest BCUT2D eigenvalue weighted by atomic mass is 10.3. The van der Waals surface area contributed by atoms with E-state index in [0.29, 0.717) is 0 Å². The number of nitrogens with one attached hydrogen (secondary N) is 2. The summed E-state index contributed by atoms with van der Waals surface area (Å²) in [5.41, 5.74) is 2.93. The van der Waals surface area contributed by atoms with Crippen LogP contribution < -0.4 is 17.0 Å². The first kappa shape index (κ1) is 27.9. The Kier molecular flexibility index (Phi) is 10.8. The molecule has 3 heterocycles. The van der Waals surface area contributed by atoms with E-state index in [9.17, 15) is 24.0 Å². The molecule has 0 unspecified atom stereocenters. The molecule has 0 aliphatic heterocycles. The van der Waals surface area contributed by atoms with Crippen LogP contribution in [0.3, 0.4) is 0 Å². The Hall–Kier alpha value is -3.10. The van der Waals surface area contributed by atoms with Crippen LogP contribution in [0, 0.1) is 0 Å². The van der Waals surface area contributed by atoms with Crippen molar-refractivity contribution in [2.45, 2.75) is 0 Å². The Morgan fingerprint density at radius 3 is 1.73 bits per heavy atom. The molecule has 0 fully saturated rings. The lowest BCUT2D eigenvalue weighted by Crippen LogP contribution is -2.26. The Morgan fingerprint density at radius 1 is 0.879 bits per heavy atom. The zero-order valence-corrected chi connectivity index (χ0v) is 19.3. The number of carbonyl (C=O) groups is 3. The monoisotopic (exact) mass is 557 g/mol. The third-order valence-electron chi connectivity index (χ3n) is 2.95. The Bertz CT molecular complexity index is 1250. The van der Waals surface area contributed by atoms with Crippen molar-refractivity contribution in [2.75, 3.05) is 0 Å². The summed E-state index contributed by atoms with van der Waals surface area (Å²) in [5.74, 6) is -2.05. The van der Waals surface area contributed by atoms with E-state index in [0.717, 1.165) is 6.20 Å². The molecule has 174 valence electrons. The topological polar surface area (TPSA) is 215 Å². The van der Waals surface area contributed by atoms with Crippen LogP contribution in [0.2, 0.25) is 20.9 Å². The third kappa shape index (κ3) is 9.11. The van der Waals surface area contributed by atoms with Gasteiger partial charge in [0.2, 0.25) is 10.6 Å². The minimum absolute atomic E-state index is 0.0139. The molecule has 0 atom stereocenters. The molecule has 5 N–H and O–H groups in total. The van der Waals surface area contributed by atoms with Gasteiger partial charge in [-0.2, -0.15) is 0 Å². The summed E-state index contributed by atoms with van der Waals surface area (Å²) in [6.45, 7) is 0. The van der Waals surface area contributed by atoms with E-state index < -0.39 is 33.9 Å². The second-order valence-electron chi connectivity index (χ2n) is 5.12. The van der Waals surface area contributed by atoms with Crippen molar-refractivity contribution in [3.05, 3.63) is 77.0 Å². The number of hydrogen-bond donors (Lipinski definition) is 4. The summed E-state index contributed by atoms with van der Waals surface area (Å²) in [6.07, 6.45) is 3.20. The molecule has 0 saturated carbocycles. The maximum Gasteiger partial charge on any atom is 0.342 e. The zero-order chi connectivity index (χ0) is 25.3. The minimum Gasteiger partial charge on any atom is -0.477 e. The SMILES string of the molecule is NC(=O)c1cnc(Cl)nc1Cl.O=C(Cl)c1cnc(Cl)nc1Cl.O=C(O)c1c[nH]c(=O)[nH]c1=O. The summed E-state index contributed by atoms with van der Waals surface area (Å²) in [7, 11) is 0. The zero-order valence-electron chi connectivity index (χ0n) is 15.5. The van der Waals surface area contributed by atoms with Gasteiger partial charge in [0.25, 0.3) is 16.7 Å². The van der Waals surface area contributed by atoms with Gasteiger partial charge in [-0.15, -0.1) is 0 Å². The second-order valence-corrected chi connectivity index (χ2v) is 6.85. The predicted molar refractivity (Wildman–Crippen MR) is 117 cm³/mol. The fraction of sp³-hybridized carbons (Fsp3) is 0. The standard InChI is InChI=1S/C5HCl3N2O.C5H3Cl2N3O.C5H4N2O4/c6-3-2(4(7)11)1-9-5(8)10-3;6-3-2(4(8)11)1-9-5(7)10-3;8-3-2(4(9)10)1-6-5(11)7-3/h1H;1H,(H2,8,11);1H,(H,9,10)(H2,6,7,8,11). The number of hydrogen-bond acceptors (Lipinski definition) is 9. The van der Waals surface area contributed by atoms with Gasteiger partial charge in [0, 0.05) is 18.6 Å². The number of nitrogens with two attached hydrogens (primary N) is 1. The number of carbonyl (C=O) groups excluding carboxylic acids is 2. The highest BCUT2D eigenvalue weighted by molar-refractivity contribution is 6.68. The average Bonchev–Trinajstić information content (AvgIpc) is 2.68. The second kappa shape index (κ2) is 12.8. The number of carboxylic acids is 1. The highest BCUT2D eigenvalue weighted by atomic mass is 35.5. The molecule has 1 amide bonds. The van der Waals surface area contributed by atoms with Gasteiger partial charge in [-0.25, -0.2) is 29.5 Å². The highest BCUT2D eigenvalue weighted by Crippen LogP contribution is 2.15. The molecule has 0 aromatic carbocycles. The normalized spacial score (nSPS) is 9.61. The molecule has 18 heteroatoms. The molecule has 0 radical (unpaired) electrons. The van der Waals surface area contributed by atoms with E-state index >= 15 is 0 Å². The molecular formula is C15H8Cl5N7O6. The minimum atomic E-state index is -1.37. The van der Waals surface area contributed by atoms with E-state index in [1.54, 1.807) is 4.98 Å². The van der Waals surface area contributed by atoms with Crippen LogP contribution in [0.15, 0.2) is 28.2 Å². The number of H-pyrrole nitrogens is 2. The Morgan fingerprint density at radius 2 is 1.36 bits per heavy atom. The van der Waals surface area contributed by atoms with Crippen molar-refractivity contribution < 1.29 is 19.5 Å². The van der Waals surface area contributed by atoms with E-state index in [1.165, 1.54) is 12.4 Å². The quantitative estimate of drug-likeness (QED) is 0.207. The number of aromatic amines is 2. The lowest BCUT2D eigenvalue weighted by molar-refractivity contribution is 0.0694. The molecule has 3 aromatic rings. The van der Waals surface area contributed by atoms with Gasteiger partial charge < -0.3 is 15.8 Å². The van der Waals surface area contributed by atoms with Gasteiger partial charge >= 0.3 is 11.7 Å². The third-order valence-corrected chi connectivity index (χ3v) is 4.10. The molecule has 3 aromatic heterocycles. The van der Waals surface area contributed by atoms with Crippen molar-refractivity contribution in [1.82, 2.24) is 29.9 Å². The van der Waals surface area contributed by atoms with Crippen LogP contribution in [0.4, 0.5) is 0 Å². The lowest BCUT2D eigenvalue weighted by Gasteiger charge is -1.96. The van der Waals surface area contributed by atoms with E-state index in [4.69, 9.17) is 68.8 Å². The summed E-state index contributed by atoms with van der Waals surface area (Å²) in [6, 6.07) is 0. The fourth-order valence-corrected chi connectivity index (χ4v) is 2.52.